The van der Waals surface area contributed by atoms with Crippen LogP contribution in [0.25, 0.3) is 0 Å². The van der Waals surface area contributed by atoms with Crippen molar-refractivity contribution in [3.63, 3.8) is 0 Å². The fraction of sp³-hybridized carbons (Fsp3) is 0.500. The zero-order valence-corrected chi connectivity index (χ0v) is 23.6. The van der Waals surface area contributed by atoms with Crippen molar-refractivity contribution in [3.05, 3.63) is 52.0 Å². The summed E-state index contributed by atoms with van der Waals surface area (Å²) in [5, 5.41) is 12.6. The van der Waals surface area contributed by atoms with Gasteiger partial charge in [0.1, 0.15) is 17.6 Å². The second kappa shape index (κ2) is 12.3. The van der Waals surface area contributed by atoms with Gasteiger partial charge >= 0.3 is 24.2 Å². The molecule has 1 fully saturated rings. The van der Waals surface area contributed by atoms with Crippen molar-refractivity contribution in [2.24, 2.45) is 0 Å². The minimum atomic E-state index is -4.48. The van der Waals surface area contributed by atoms with Crippen molar-refractivity contribution in [2.75, 3.05) is 12.3 Å². The first-order valence-electron chi connectivity index (χ1n) is 11.6. The molecule has 0 spiro atoms. The Hall–Kier alpha value is -2.33. The number of hydrogen-bond acceptors (Lipinski definition) is 10. The highest BCUT2D eigenvalue weighted by atomic mass is 35.5. The first kappa shape index (κ1) is 32.2. The molecule has 0 aliphatic carbocycles. The van der Waals surface area contributed by atoms with Crippen LogP contribution in [0.3, 0.4) is 0 Å². The predicted octanol–water partition coefficient (Wildman–Crippen LogP) is 3.26. The van der Waals surface area contributed by atoms with Gasteiger partial charge < -0.3 is 29.4 Å². The molecule has 0 radical (unpaired) electrons. The molecule has 1 aromatic carbocycles. The van der Waals surface area contributed by atoms with Gasteiger partial charge in [0.2, 0.25) is 6.23 Å². The van der Waals surface area contributed by atoms with E-state index in [9.17, 15) is 23.5 Å². The van der Waals surface area contributed by atoms with Gasteiger partial charge in [-0.25, -0.2) is 18.7 Å². The van der Waals surface area contributed by atoms with Gasteiger partial charge in [-0.2, -0.15) is 13.8 Å². The van der Waals surface area contributed by atoms with Crippen molar-refractivity contribution in [1.29, 1.82) is 0 Å². The Morgan fingerprint density at radius 3 is 2.52 bits per heavy atom. The highest BCUT2D eigenvalue weighted by molar-refractivity contribution is 8.09. The molecule has 5 atom stereocenters. The third kappa shape index (κ3) is 6.75. The number of aliphatic hydroxyl groups is 1. The molecule has 11 nitrogen and oxygen atoms in total. The van der Waals surface area contributed by atoms with E-state index in [0.717, 1.165) is 0 Å². The van der Waals surface area contributed by atoms with E-state index >= 15 is 8.78 Å². The Kier molecular flexibility index (Phi) is 9.87. The number of esters is 1. The van der Waals surface area contributed by atoms with Gasteiger partial charge in [-0.15, -0.1) is 0 Å². The average molecular weight is 633 g/mol. The third-order valence-corrected chi connectivity index (χ3v) is 8.30. The minimum absolute atomic E-state index is 0.0964. The quantitative estimate of drug-likeness (QED) is 0.191. The Morgan fingerprint density at radius 1 is 1.32 bits per heavy atom. The number of benzene rings is 1. The summed E-state index contributed by atoms with van der Waals surface area (Å²) in [6, 6.07) is 6.46. The lowest BCUT2D eigenvalue weighted by Crippen LogP contribution is -2.54. The summed E-state index contributed by atoms with van der Waals surface area (Å²) in [7, 11) is 0. The van der Waals surface area contributed by atoms with Gasteiger partial charge in [0, 0.05) is 6.20 Å². The van der Waals surface area contributed by atoms with Gasteiger partial charge in [-0.05, 0) is 44.7 Å². The number of nitrogens with one attached hydrogen (secondary N) is 1. The maximum Gasteiger partial charge on any atom is 0.351 e. The number of anilines is 1. The second-order valence-corrected chi connectivity index (χ2v) is 12.5. The zero-order chi connectivity index (χ0) is 30.0. The second-order valence-electron chi connectivity index (χ2n) is 8.98. The van der Waals surface area contributed by atoms with E-state index < -0.39 is 78.2 Å². The largest absolute Gasteiger partial charge is 0.462 e. The van der Waals surface area contributed by atoms with E-state index in [0.29, 0.717) is 6.20 Å². The molecule has 1 unspecified atom stereocenters. The molecule has 1 aromatic heterocycles. The molecule has 4 N–H and O–H groups in total. The highest BCUT2D eigenvalue weighted by Crippen LogP contribution is 2.53. The minimum Gasteiger partial charge on any atom is -0.462 e. The smallest absolute Gasteiger partial charge is 0.351 e. The lowest BCUT2D eigenvalue weighted by molar-refractivity contribution is -0.192. The van der Waals surface area contributed by atoms with Gasteiger partial charge in [-0.3, -0.25) is 9.36 Å². The number of aromatic nitrogens is 2. The molecule has 0 amide bonds. The van der Waals surface area contributed by atoms with Crippen LogP contribution >= 0.6 is 18.2 Å². The lowest BCUT2D eigenvalue weighted by Gasteiger charge is -2.34. The molecule has 1 aliphatic rings. The number of para-hydroxylation sites is 1. The van der Waals surface area contributed by atoms with Crippen molar-refractivity contribution in [3.8, 4) is 5.75 Å². The Labute approximate surface area is 235 Å². The first-order valence-corrected chi connectivity index (χ1v) is 14.6. The molecule has 222 valence electrons. The summed E-state index contributed by atoms with van der Waals surface area (Å²) in [6.45, 7) is -0.952. The highest BCUT2D eigenvalue weighted by Gasteiger charge is 2.71. The van der Waals surface area contributed by atoms with E-state index in [-0.39, 0.29) is 10.3 Å². The standard InChI is InChI=1S/C22H26ClF4N4O7PS/c1-11(2)36-16(32)12(3)30-39(40,38-13-7-5-4-6-8-13)35-10-21(18(24)25)17(33)22(26,27)19(37-21)31-9-14(23)15(28)29-20(31)34/h4-9,11-12,17-19,33H,10H2,1-3H3,(H,30,40)(H2,28,29,34)/t12-,17+,19+,21+,39?/m0/s1. The molecule has 2 heterocycles. The number of aliphatic hydroxyl groups excluding tert-OH is 1. The Balaban J connectivity index is 1.97. The number of halogens is 5. The van der Waals surface area contributed by atoms with Gasteiger partial charge in [-0.1, -0.05) is 29.8 Å². The number of nitrogen functional groups attached to an aromatic ring is 1. The van der Waals surface area contributed by atoms with Gasteiger partial charge in [0.15, 0.2) is 11.7 Å². The van der Waals surface area contributed by atoms with Crippen LogP contribution in [-0.4, -0.2) is 63.4 Å². The number of nitrogens with two attached hydrogens (primary N) is 1. The van der Waals surface area contributed by atoms with Crippen LogP contribution in [0.5, 0.6) is 5.75 Å². The summed E-state index contributed by atoms with van der Waals surface area (Å²) >= 11 is 11.2. The lowest BCUT2D eigenvalue weighted by atomic mass is 9.96. The topological polar surface area (TPSA) is 147 Å². The number of nitrogens with zero attached hydrogens (tertiary/aromatic N) is 2. The molecule has 2 aromatic rings. The summed E-state index contributed by atoms with van der Waals surface area (Å²) in [4.78, 5) is 27.9. The number of rotatable bonds is 11. The molecule has 1 saturated heterocycles. The number of ether oxygens (including phenoxy) is 2. The molecule has 18 heteroatoms. The number of carbonyl (C=O) groups excluding carboxylic acids is 1. The molecule has 1 aliphatic heterocycles. The van der Waals surface area contributed by atoms with Crippen LogP contribution in [-0.2, 0) is 30.6 Å². The van der Waals surface area contributed by atoms with Crippen LogP contribution in [0.4, 0.5) is 23.4 Å². The van der Waals surface area contributed by atoms with Crippen molar-refractivity contribution in [2.45, 2.75) is 63.2 Å². The van der Waals surface area contributed by atoms with E-state index in [1.165, 1.54) is 19.1 Å². The van der Waals surface area contributed by atoms with Gasteiger partial charge in [0.25, 0.3) is 6.43 Å². The third-order valence-electron chi connectivity index (χ3n) is 5.53. The van der Waals surface area contributed by atoms with Crippen LogP contribution < -0.4 is 21.0 Å². The van der Waals surface area contributed by atoms with Crippen molar-refractivity contribution in [1.82, 2.24) is 14.6 Å². The number of carbonyl (C=O) groups is 1. The Morgan fingerprint density at radius 2 is 1.95 bits per heavy atom. The van der Waals surface area contributed by atoms with Gasteiger partial charge in [0.05, 0.1) is 17.7 Å². The molecule has 0 saturated carbocycles. The molecular weight excluding hydrogens is 607 g/mol. The van der Waals surface area contributed by atoms with Crippen LogP contribution in [0.2, 0.25) is 5.02 Å². The molecule has 0 bridgehead atoms. The summed E-state index contributed by atoms with van der Waals surface area (Å²) in [6.07, 6.45) is -9.68. The van der Waals surface area contributed by atoms with Crippen LogP contribution in [0, 0.1) is 0 Å². The predicted molar refractivity (Wildman–Crippen MR) is 139 cm³/mol. The molecular formula is C22H26ClF4N4O7PS. The average Bonchev–Trinajstić information content (AvgIpc) is 3.06. The summed E-state index contributed by atoms with van der Waals surface area (Å²) in [5.74, 6) is -5.67. The molecule has 40 heavy (non-hydrogen) atoms. The van der Waals surface area contributed by atoms with E-state index in [1.54, 1.807) is 32.0 Å². The SMILES string of the molecule is CC(C)OC(=O)[C@H](C)NP(=S)(OC[C@@]1(C(F)F)O[C@@H](n2cc(Cl)c(N)nc2=O)C(F)(F)[C@@H]1O)Oc1ccccc1. The fourth-order valence-electron chi connectivity index (χ4n) is 3.55. The van der Waals surface area contributed by atoms with E-state index in [1.807, 2.05) is 0 Å². The number of hydrogen-bond donors (Lipinski definition) is 3. The monoisotopic (exact) mass is 632 g/mol. The fourth-order valence-corrected chi connectivity index (χ4v) is 6.12. The Bertz CT molecular complexity index is 1330. The van der Waals surface area contributed by atoms with Crippen LogP contribution in [0.15, 0.2) is 41.3 Å². The summed E-state index contributed by atoms with van der Waals surface area (Å²) in [5.41, 5.74) is 0.572. The molecule has 3 rings (SSSR count). The zero-order valence-electron chi connectivity index (χ0n) is 21.2. The van der Waals surface area contributed by atoms with E-state index in [4.69, 9.17) is 47.7 Å². The van der Waals surface area contributed by atoms with Crippen molar-refractivity contribution >= 4 is 41.8 Å². The van der Waals surface area contributed by atoms with Crippen LogP contribution in [0.1, 0.15) is 27.0 Å². The van der Waals surface area contributed by atoms with E-state index in [2.05, 4.69) is 10.1 Å². The first-order chi connectivity index (χ1) is 18.5. The number of alkyl halides is 4. The van der Waals surface area contributed by atoms with Crippen molar-refractivity contribution < 1.29 is 46.0 Å². The maximum absolute atomic E-state index is 15.2. The summed E-state index contributed by atoms with van der Waals surface area (Å²) < 4.78 is 80.7. The normalized spacial score (nSPS) is 24.6. The maximum atomic E-state index is 15.2.